The van der Waals surface area contributed by atoms with Crippen LogP contribution < -0.4 is 9.99 Å². The van der Waals surface area contributed by atoms with Crippen molar-refractivity contribution < 1.29 is 16.8 Å². The van der Waals surface area contributed by atoms with E-state index in [1.807, 2.05) is 0 Å². The summed E-state index contributed by atoms with van der Waals surface area (Å²) in [6, 6.07) is 9.35. The van der Waals surface area contributed by atoms with E-state index in [4.69, 9.17) is 0 Å². The van der Waals surface area contributed by atoms with Crippen LogP contribution in [-0.2, 0) is 40.6 Å². The Balaban J connectivity index is 1.51. The molecule has 1 fully saturated rings. The number of fused-ring (bicyclic) bond motifs is 2. The first-order valence-corrected chi connectivity index (χ1v) is 13.8. The van der Waals surface area contributed by atoms with Gasteiger partial charge in [-0.25, -0.2) is 21.6 Å². The molecule has 2 aromatic carbocycles. The predicted octanol–water partition coefficient (Wildman–Crippen LogP) is 1.80. The van der Waals surface area contributed by atoms with Crippen molar-refractivity contribution >= 4 is 36.8 Å². The van der Waals surface area contributed by atoms with Gasteiger partial charge in [0.2, 0.25) is 10.0 Å². The number of piperidine rings is 1. The molecule has 9 nitrogen and oxygen atoms in total. The van der Waals surface area contributed by atoms with E-state index in [9.17, 15) is 21.6 Å². The average Bonchev–Trinajstić information content (AvgIpc) is 3.35. The van der Waals surface area contributed by atoms with E-state index >= 15 is 0 Å². The Morgan fingerprint density at radius 1 is 0.727 bits per heavy atom. The lowest BCUT2D eigenvalue weighted by Gasteiger charge is -2.26. The van der Waals surface area contributed by atoms with Gasteiger partial charge < -0.3 is 0 Å². The van der Waals surface area contributed by atoms with Crippen molar-refractivity contribution in [1.82, 2.24) is 13.4 Å². The maximum absolute atomic E-state index is 13.5. The molecule has 3 aromatic rings. The van der Waals surface area contributed by atoms with Gasteiger partial charge in [-0.2, -0.15) is 4.31 Å². The van der Waals surface area contributed by atoms with Crippen molar-refractivity contribution in [2.75, 3.05) is 23.9 Å². The fourth-order valence-electron chi connectivity index (χ4n) is 4.79. The normalized spacial score (nSPS) is 17.6. The van der Waals surface area contributed by atoms with Gasteiger partial charge in [0.15, 0.2) is 0 Å². The molecule has 11 heteroatoms. The highest BCUT2D eigenvalue weighted by atomic mass is 32.2. The van der Waals surface area contributed by atoms with Crippen LogP contribution in [-0.4, -0.2) is 49.9 Å². The summed E-state index contributed by atoms with van der Waals surface area (Å²) in [5.41, 5.74) is 2.15. The largest absolute Gasteiger partial charge is 0.328 e. The van der Waals surface area contributed by atoms with Crippen molar-refractivity contribution in [3.8, 4) is 0 Å². The molecule has 1 aromatic heterocycles. The van der Waals surface area contributed by atoms with E-state index in [2.05, 4.69) is 0 Å². The summed E-state index contributed by atoms with van der Waals surface area (Å²) in [5.74, 6) is 0. The van der Waals surface area contributed by atoms with Crippen molar-refractivity contribution in [2.45, 2.75) is 35.5 Å². The lowest BCUT2D eigenvalue weighted by atomic mass is 10.2. The minimum atomic E-state index is -3.88. The first kappa shape index (κ1) is 22.2. The van der Waals surface area contributed by atoms with Gasteiger partial charge in [-0.3, -0.25) is 13.4 Å². The minimum Gasteiger partial charge on any atom is -0.295 e. The molecule has 0 aliphatic carbocycles. The van der Waals surface area contributed by atoms with E-state index in [0.29, 0.717) is 41.8 Å². The van der Waals surface area contributed by atoms with Gasteiger partial charge in [-0.05, 0) is 61.2 Å². The Bertz CT molecular complexity index is 1530. The minimum absolute atomic E-state index is 0.0917. The second-order valence-electron chi connectivity index (χ2n) is 8.63. The van der Waals surface area contributed by atoms with Crippen molar-refractivity contribution in [3.63, 3.8) is 0 Å². The number of hydrogen-bond acceptors (Lipinski definition) is 5. The van der Waals surface area contributed by atoms with Gasteiger partial charge in [0.05, 0.1) is 26.5 Å². The first-order valence-electron chi connectivity index (χ1n) is 10.9. The van der Waals surface area contributed by atoms with Gasteiger partial charge in [-0.15, -0.1) is 0 Å². The Labute approximate surface area is 192 Å². The monoisotopic (exact) mass is 490 g/mol. The SMILES string of the molecule is Cn1c(=O)n(C)c2cc(S(=O)(=O)N3CCc4cc(S(=O)(=O)N5CCCCC5)ccc43)ccc21. The Morgan fingerprint density at radius 2 is 1.36 bits per heavy atom. The molecule has 0 spiro atoms. The van der Waals surface area contributed by atoms with Gasteiger partial charge in [0.1, 0.15) is 0 Å². The molecule has 1 saturated heterocycles. The lowest BCUT2D eigenvalue weighted by Crippen LogP contribution is -2.35. The van der Waals surface area contributed by atoms with Crippen LogP contribution in [0.3, 0.4) is 0 Å². The molecule has 2 aliphatic rings. The highest BCUT2D eigenvalue weighted by Gasteiger charge is 2.33. The summed E-state index contributed by atoms with van der Waals surface area (Å²) in [5, 5.41) is 0. The zero-order valence-electron chi connectivity index (χ0n) is 18.6. The molecule has 176 valence electrons. The van der Waals surface area contributed by atoms with Crippen LogP contribution in [0.1, 0.15) is 24.8 Å². The Hall–Kier alpha value is -2.63. The number of aryl methyl sites for hydroxylation is 2. The first-order chi connectivity index (χ1) is 15.6. The molecule has 0 radical (unpaired) electrons. The van der Waals surface area contributed by atoms with E-state index in [0.717, 1.165) is 19.3 Å². The molecule has 3 heterocycles. The number of hydrogen-bond donors (Lipinski definition) is 0. The molecule has 0 unspecified atom stereocenters. The average molecular weight is 491 g/mol. The van der Waals surface area contributed by atoms with Gasteiger partial charge in [0.25, 0.3) is 10.0 Å². The molecule has 0 N–H and O–H groups in total. The molecule has 33 heavy (non-hydrogen) atoms. The topological polar surface area (TPSA) is 102 Å². The summed E-state index contributed by atoms with van der Waals surface area (Å²) in [4.78, 5) is 12.5. The standard InChI is InChI=1S/C22H26N4O5S2/c1-23-20-9-7-18(15-21(20)24(2)22(23)27)33(30,31)26-13-10-16-14-17(6-8-19(16)26)32(28,29)25-11-4-3-5-12-25/h6-9,14-15H,3-5,10-13H2,1-2H3. The summed E-state index contributed by atoms with van der Waals surface area (Å²) in [6.07, 6.45) is 3.18. The van der Waals surface area contributed by atoms with Gasteiger partial charge in [0, 0.05) is 33.7 Å². The predicted molar refractivity (Wildman–Crippen MR) is 125 cm³/mol. The molecular weight excluding hydrogens is 464 g/mol. The number of imidazole rings is 1. The molecule has 0 atom stereocenters. The molecule has 5 rings (SSSR count). The molecule has 0 bridgehead atoms. The molecule has 2 aliphatic heterocycles. The van der Waals surface area contributed by atoms with Crippen LogP contribution >= 0.6 is 0 Å². The van der Waals surface area contributed by atoms with E-state index in [1.54, 1.807) is 32.3 Å². The molecule has 0 saturated carbocycles. The second kappa shape index (κ2) is 7.71. The summed E-state index contributed by atoms with van der Waals surface area (Å²) < 4.78 is 58.8. The van der Waals surface area contributed by atoms with Gasteiger partial charge >= 0.3 is 5.69 Å². The highest BCUT2D eigenvalue weighted by molar-refractivity contribution is 7.92. The maximum Gasteiger partial charge on any atom is 0.328 e. The smallest absolute Gasteiger partial charge is 0.295 e. The van der Waals surface area contributed by atoms with Crippen molar-refractivity contribution in [3.05, 3.63) is 52.4 Å². The third kappa shape index (κ3) is 3.41. The lowest BCUT2D eigenvalue weighted by molar-refractivity contribution is 0.346. The van der Waals surface area contributed by atoms with Crippen molar-refractivity contribution in [1.29, 1.82) is 0 Å². The van der Waals surface area contributed by atoms with E-state index in [1.165, 1.54) is 35.9 Å². The van der Waals surface area contributed by atoms with Crippen LogP contribution in [0.2, 0.25) is 0 Å². The maximum atomic E-state index is 13.5. The van der Waals surface area contributed by atoms with Crippen LogP contribution in [0.25, 0.3) is 11.0 Å². The fourth-order valence-corrected chi connectivity index (χ4v) is 7.88. The van der Waals surface area contributed by atoms with Crippen LogP contribution in [0.15, 0.2) is 51.0 Å². The van der Waals surface area contributed by atoms with Crippen LogP contribution in [0.5, 0.6) is 0 Å². The summed E-state index contributed by atoms with van der Waals surface area (Å²) in [7, 11) is -4.22. The van der Waals surface area contributed by atoms with Crippen LogP contribution in [0, 0.1) is 0 Å². The number of nitrogens with zero attached hydrogens (tertiary/aromatic N) is 4. The number of rotatable bonds is 4. The molecule has 0 amide bonds. The number of anilines is 1. The third-order valence-electron chi connectivity index (χ3n) is 6.69. The quantitative estimate of drug-likeness (QED) is 0.555. The number of benzene rings is 2. The van der Waals surface area contributed by atoms with Gasteiger partial charge in [-0.1, -0.05) is 6.42 Å². The fraction of sp³-hybridized carbons (Fsp3) is 0.409. The second-order valence-corrected chi connectivity index (χ2v) is 12.4. The third-order valence-corrected chi connectivity index (χ3v) is 10.4. The van der Waals surface area contributed by atoms with E-state index in [-0.39, 0.29) is 22.0 Å². The van der Waals surface area contributed by atoms with Crippen molar-refractivity contribution in [2.24, 2.45) is 14.1 Å². The van der Waals surface area contributed by atoms with E-state index < -0.39 is 20.0 Å². The molecular formula is C22H26N4O5S2. The summed E-state index contributed by atoms with van der Waals surface area (Å²) >= 11 is 0. The number of aromatic nitrogens is 2. The zero-order chi connectivity index (χ0) is 23.5. The number of sulfonamides is 2. The Morgan fingerprint density at radius 3 is 2.09 bits per heavy atom. The van der Waals surface area contributed by atoms with Crippen LogP contribution in [0.4, 0.5) is 5.69 Å². The summed E-state index contributed by atoms with van der Waals surface area (Å²) in [6.45, 7) is 1.27. The Kier molecular flexibility index (Phi) is 5.18. The zero-order valence-corrected chi connectivity index (χ0v) is 20.2. The highest BCUT2D eigenvalue weighted by Crippen LogP contribution is 2.35.